The minimum absolute atomic E-state index is 0.284. The lowest BCUT2D eigenvalue weighted by Crippen LogP contribution is -2.44. The number of fused-ring (bicyclic) bond motifs is 1. The highest BCUT2D eigenvalue weighted by atomic mass is 32.2. The van der Waals surface area contributed by atoms with E-state index in [9.17, 15) is 8.42 Å². The molecular formula is C10H12N2O2S. The molecule has 80 valence electrons. The summed E-state index contributed by atoms with van der Waals surface area (Å²) >= 11 is 0. The molecule has 0 saturated carbocycles. The molecule has 2 rings (SSSR count). The van der Waals surface area contributed by atoms with Crippen molar-refractivity contribution in [2.45, 2.75) is 6.54 Å². The first-order valence-electron chi connectivity index (χ1n) is 4.61. The molecule has 1 aliphatic heterocycles. The number of nitrogens with one attached hydrogen (secondary N) is 1. The Morgan fingerprint density at radius 3 is 2.93 bits per heavy atom. The van der Waals surface area contributed by atoms with Crippen molar-refractivity contribution in [3.8, 4) is 0 Å². The summed E-state index contributed by atoms with van der Waals surface area (Å²) in [7, 11) is -3.39. The van der Waals surface area contributed by atoms with Gasteiger partial charge in [-0.1, -0.05) is 24.3 Å². The molecule has 0 fully saturated rings. The third-order valence-corrected chi connectivity index (χ3v) is 3.73. The van der Waals surface area contributed by atoms with E-state index in [-0.39, 0.29) is 6.54 Å². The van der Waals surface area contributed by atoms with E-state index in [0.717, 1.165) is 11.3 Å². The van der Waals surface area contributed by atoms with Crippen LogP contribution < -0.4 is 9.03 Å². The van der Waals surface area contributed by atoms with Crippen molar-refractivity contribution in [2.24, 2.45) is 0 Å². The molecule has 15 heavy (non-hydrogen) atoms. The molecule has 5 heteroatoms. The number of hydrogen-bond donors (Lipinski definition) is 1. The van der Waals surface area contributed by atoms with Gasteiger partial charge in [0.1, 0.15) is 0 Å². The van der Waals surface area contributed by atoms with Crippen LogP contribution in [0.15, 0.2) is 36.9 Å². The zero-order chi connectivity index (χ0) is 10.9. The standard InChI is InChI=1S/C10H12N2O2S/c1-2-7-12-10-6-4-3-5-9(10)8-11-15(12,13)14/h2-6,11H,1,7-8H2. The van der Waals surface area contributed by atoms with E-state index in [1.165, 1.54) is 4.31 Å². The molecular weight excluding hydrogens is 212 g/mol. The fourth-order valence-electron chi connectivity index (χ4n) is 1.59. The molecule has 1 heterocycles. The van der Waals surface area contributed by atoms with Crippen LogP contribution in [0.25, 0.3) is 0 Å². The number of hydrogen-bond acceptors (Lipinski definition) is 2. The predicted molar refractivity (Wildman–Crippen MR) is 59.7 cm³/mol. The van der Waals surface area contributed by atoms with Crippen molar-refractivity contribution in [2.75, 3.05) is 10.8 Å². The van der Waals surface area contributed by atoms with E-state index in [0.29, 0.717) is 6.54 Å². The molecule has 1 aliphatic rings. The lowest BCUT2D eigenvalue weighted by atomic mass is 10.2. The van der Waals surface area contributed by atoms with E-state index in [1.54, 1.807) is 12.1 Å². The molecule has 1 aromatic rings. The first kappa shape index (κ1) is 10.2. The number of benzene rings is 1. The third-order valence-electron chi connectivity index (χ3n) is 2.29. The van der Waals surface area contributed by atoms with Crippen LogP contribution in [0.5, 0.6) is 0 Å². The lowest BCUT2D eigenvalue weighted by molar-refractivity contribution is 0.574. The van der Waals surface area contributed by atoms with Gasteiger partial charge in [0, 0.05) is 6.54 Å². The van der Waals surface area contributed by atoms with Crippen LogP contribution in [-0.4, -0.2) is 15.0 Å². The fourth-order valence-corrected chi connectivity index (χ4v) is 2.83. The van der Waals surface area contributed by atoms with Crippen LogP contribution in [0.2, 0.25) is 0 Å². The molecule has 0 radical (unpaired) electrons. The summed E-state index contributed by atoms with van der Waals surface area (Å²) in [6.45, 7) is 4.20. The highest BCUT2D eigenvalue weighted by Gasteiger charge is 2.27. The average Bonchev–Trinajstić information content (AvgIpc) is 2.23. The molecule has 0 unspecified atom stereocenters. The topological polar surface area (TPSA) is 49.4 Å². The van der Waals surface area contributed by atoms with Gasteiger partial charge in [0.15, 0.2) is 0 Å². The number of para-hydroxylation sites is 1. The Bertz CT molecular complexity index is 482. The van der Waals surface area contributed by atoms with Crippen molar-refractivity contribution in [1.29, 1.82) is 0 Å². The Morgan fingerprint density at radius 2 is 2.20 bits per heavy atom. The van der Waals surface area contributed by atoms with E-state index >= 15 is 0 Å². The van der Waals surface area contributed by atoms with Crippen molar-refractivity contribution >= 4 is 15.9 Å². The molecule has 0 atom stereocenters. The minimum Gasteiger partial charge on any atom is -0.254 e. The Hall–Kier alpha value is -1.33. The number of rotatable bonds is 2. The van der Waals surface area contributed by atoms with E-state index < -0.39 is 10.2 Å². The minimum atomic E-state index is -3.39. The van der Waals surface area contributed by atoms with Gasteiger partial charge >= 0.3 is 10.2 Å². The smallest absolute Gasteiger partial charge is 0.254 e. The van der Waals surface area contributed by atoms with E-state index in [2.05, 4.69) is 11.3 Å². The normalized spacial score (nSPS) is 18.3. The summed E-state index contributed by atoms with van der Waals surface area (Å²) in [5.74, 6) is 0. The zero-order valence-electron chi connectivity index (χ0n) is 8.18. The molecule has 0 amide bonds. The highest BCUT2D eigenvalue weighted by molar-refractivity contribution is 7.90. The molecule has 1 aromatic carbocycles. The second-order valence-corrected chi connectivity index (χ2v) is 4.95. The van der Waals surface area contributed by atoms with Gasteiger partial charge < -0.3 is 0 Å². The summed E-state index contributed by atoms with van der Waals surface area (Å²) in [5, 5.41) is 0. The Morgan fingerprint density at radius 1 is 1.47 bits per heavy atom. The fraction of sp³-hybridized carbons (Fsp3) is 0.200. The van der Waals surface area contributed by atoms with Crippen LogP contribution in [0.3, 0.4) is 0 Å². The number of anilines is 1. The molecule has 0 aromatic heterocycles. The zero-order valence-corrected chi connectivity index (χ0v) is 9.00. The van der Waals surface area contributed by atoms with Crippen LogP contribution in [0.4, 0.5) is 5.69 Å². The quantitative estimate of drug-likeness (QED) is 0.763. The largest absolute Gasteiger partial charge is 0.302 e. The maximum atomic E-state index is 11.7. The summed E-state index contributed by atoms with van der Waals surface area (Å²) < 4.78 is 27.2. The van der Waals surface area contributed by atoms with Crippen molar-refractivity contribution in [1.82, 2.24) is 4.72 Å². The summed E-state index contributed by atoms with van der Waals surface area (Å²) in [6.07, 6.45) is 1.57. The van der Waals surface area contributed by atoms with Crippen molar-refractivity contribution < 1.29 is 8.42 Å². The van der Waals surface area contributed by atoms with Gasteiger partial charge in [0.25, 0.3) is 0 Å². The molecule has 1 N–H and O–H groups in total. The second kappa shape index (κ2) is 3.67. The summed E-state index contributed by atoms with van der Waals surface area (Å²) in [4.78, 5) is 0. The first-order chi connectivity index (χ1) is 7.15. The third kappa shape index (κ3) is 1.75. The van der Waals surface area contributed by atoms with Crippen molar-refractivity contribution in [3.05, 3.63) is 42.5 Å². The van der Waals surface area contributed by atoms with Crippen molar-refractivity contribution in [3.63, 3.8) is 0 Å². The van der Waals surface area contributed by atoms with Gasteiger partial charge in [0.05, 0.1) is 12.2 Å². The Balaban J connectivity index is 2.52. The molecule has 0 aliphatic carbocycles. The molecule has 4 nitrogen and oxygen atoms in total. The first-order valence-corrected chi connectivity index (χ1v) is 6.05. The monoisotopic (exact) mass is 224 g/mol. The van der Waals surface area contributed by atoms with Gasteiger partial charge in [-0.2, -0.15) is 13.1 Å². The van der Waals surface area contributed by atoms with Gasteiger partial charge in [-0.05, 0) is 11.6 Å². The Kier molecular flexibility index (Phi) is 2.50. The van der Waals surface area contributed by atoms with Gasteiger partial charge in [-0.25, -0.2) is 0 Å². The van der Waals surface area contributed by atoms with Crippen LogP contribution in [0.1, 0.15) is 5.56 Å². The second-order valence-electron chi connectivity index (χ2n) is 3.27. The van der Waals surface area contributed by atoms with E-state index in [1.807, 2.05) is 18.2 Å². The predicted octanol–water partition coefficient (Wildman–Crippen LogP) is 1.03. The van der Waals surface area contributed by atoms with Crippen LogP contribution >= 0.6 is 0 Å². The average molecular weight is 224 g/mol. The molecule has 0 bridgehead atoms. The summed E-state index contributed by atoms with van der Waals surface area (Å²) in [6, 6.07) is 7.44. The maximum Gasteiger partial charge on any atom is 0.302 e. The molecule has 0 saturated heterocycles. The van der Waals surface area contributed by atoms with E-state index in [4.69, 9.17) is 0 Å². The molecule has 0 spiro atoms. The van der Waals surface area contributed by atoms with Gasteiger partial charge in [-0.3, -0.25) is 4.31 Å². The van der Waals surface area contributed by atoms with Crippen LogP contribution in [0, 0.1) is 0 Å². The lowest BCUT2D eigenvalue weighted by Gasteiger charge is -2.29. The highest BCUT2D eigenvalue weighted by Crippen LogP contribution is 2.26. The van der Waals surface area contributed by atoms with Gasteiger partial charge in [0.2, 0.25) is 0 Å². The van der Waals surface area contributed by atoms with Gasteiger partial charge in [-0.15, -0.1) is 6.58 Å². The maximum absolute atomic E-state index is 11.7. The summed E-state index contributed by atoms with van der Waals surface area (Å²) in [5.41, 5.74) is 1.71. The Labute approximate surface area is 89.4 Å². The van der Waals surface area contributed by atoms with Crippen LogP contribution in [-0.2, 0) is 16.8 Å². The number of nitrogens with zero attached hydrogens (tertiary/aromatic N) is 1. The SMILES string of the molecule is C=CCN1c2ccccc2CNS1(=O)=O.